The lowest BCUT2D eigenvalue weighted by Crippen LogP contribution is -2.47. The van der Waals surface area contributed by atoms with Crippen molar-refractivity contribution in [2.75, 3.05) is 45.8 Å². The SMILES string of the molecule is CCN1CCN(CCNCc2cccs2)CC1. The van der Waals surface area contributed by atoms with E-state index in [1.807, 2.05) is 11.3 Å². The van der Waals surface area contributed by atoms with Gasteiger partial charge in [0.2, 0.25) is 0 Å². The van der Waals surface area contributed by atoms with Gasteiger partial charge in [-0.05, 0) is 18.0 Å². The van der Waals surface area contributed by atoms with Crippen molar-refractivity contribution in [2.24, 2.45) is 0 Å². The summed E-state index contributed by atoms with van der Waals surface area (Å²) in [6, 6.07) is 4.31. The Morgan fingerprint density at radius 2 is 2.00 bits per heavy atom. The van der Waals surface area contributed by atoms with Crippen molar-refractivity contribution in [2.45, 2.75) is 13.5 Å². The summed E-state index contributed by atoms with van der Waals surface area (Å²) < 4.78 is 0. The highest BCUT2D eigenvalue weighted by molar-refractivity contribution is 7.09. The van der Waals surface area contributed by atoms with Crippen LogP contribution in [-0.2, 0) is 6.54 Å². The molecule has 4 heteroatoms. The molecule has 0 aliphatic carbocycles. The maximum absolute atomic E-state index is 3.52. The van der Waals surface area contributed by atoms with Crippen LogP contribution in [0.2, 0.25) is 0 Å². The first-order chi connectivity index (χ1) is 8.38. The van der Waals surface area contributed by atoms with E-state index in [4.69, 9.17) is 0 Å². The molecule has 0 bridgehead atoms. The van der Waals surface area contributed by atoms with Gasteiger partial charge in [0.05, 0.1) is 0 Å². The molecule has 1 fully saturated rings. The Bertz CT molecular complexity index is 292. The molecule has 0 radical (unpaired) electrons. The second-order valence-corrected chi connectivity index (χ2v) is 5.56. The zero-order valence-corrected chi connectivity index (χ0v) is 11.5. The number of nitrogens with zero attached hydrogens (tertiary/aromatic N) is 2. The second kappa shape index (κ2) is 7.11. The van der Waals surface area contributed by atoms with Crippen LogP contribution < -0.4 is 5.32 Å². The standard InChI is InChI=1S/C13H23N3S/c1-2-15-7-9-16(10-8-15)6-5-14-12-13-4-3-11-17-13/h3-4,11,14H,2,5-10,12H2,1H3. The van der Waals surface area contributed by atoms with Gasteiger partial charge < -0.3 is 10.2 Å². The third kappa shape index (κ3) is 4.39. The number of hydrogen-bond donors (Lipinski definition) is 1. The van der Waals surface area contributed by atoms with E-state index in [2.05, 4.69) is 39.6 Å². The van der Waals surface area contributed by atoms with Gasteiger partial charge in [-0.25, -0.2) is 0 Å². The Hall–Kier alpha value is -0.420. The first-order valence-electron chi connectivity index (χ1n) is 6.56. The Kier molecular flexibility index (Phi) is 5.45. The van der Waals surface area contributed by atoms with E-state index < -0.39 is 0 Å². The summed E-state index contributed by atoms with van der Waals surface area (Å²) in [4.78, 5) is 6.52. The van der Waals surface area contributed by atoms with E-state index in [9.17, 15) is 0 Å². The quantitative estimate of drug-likeness (QED) is 0.775. The molecule has 1 aromatic heterocycles. The van der Waals surface area contributed by atoms with Crippen LogP contribution in [0.1, 0.15) is 11.8 Å². The number of thiophene rings is 1. The van der Waals surface area contributed by atoms with Crippen LogP contribution in [0, 0.1) is 0 Å². The molecule has 0 atom stereocenters. The summed E-state index contributed by atoms with van der Waals surface area (Å²) in [5.41, 5.74) is 0. The van der Waals surface area contributed by atoms with Gasteiger partial charge in [0, 0.05) is 50.7 Å². The number of nitrogens with one attached hydrogen (secondary N) is 1. The number of rotatable bonds is 6. The Labute approximate surface area is 108 Å². The molecule has 1 aliphatic rings. The summed E-state index contributed by atoms with van der Waals surface area (Å²) in [5.74, 6) is 0. The second-order valence-electron chi connectivity index (χ2n) is 4.53. The van der Waals surface area contributed by atoms with Gasteiger partial charge in [0.15, 0.2) is 0 Å². The molecule has 1 saturated heterocycles. The molecule has 1 N–H and O–H groups in total. The van der Waals surface area contributed by atoms with Gasteiger partial charge in [0.25, 0.3) is 0 Å². The maximum atomic E-state index is 3.52. The first-order valence-corrected chi connectivity index (χ1v) is 7.44. The lowest BCUT2D eigenvalue weighted by atomic mass is 10.3. The number of likely N-dealkylation sites (N-methyl/N-ethyl adjacent to an activating group) is 1. The Morgan fingerprint density at radius 3 is 2.65 bits per heavy atom. The van der Waals surface area contributed by atoms with Crippen LogP contribution in [0.15, 0.2) is 17.5 Å². The lowest BCUT2D eigenvalue weighted by molar-refractivity contribution is 0.138. The normalized spacial score (nSPS) is 18.6. The predicted molar refractivity (Wildman–Crippen MR) is 74.6 cm³/mol. The van der Waals surface area contributed by atoms with Gasteiger partial charge in [-0.2, -0.15) is 0 Å². The van der Waals surface area contributed by atoms with Gasteiger partial charge in [0.1, 0.15) is 0 Å². The lowest BCUT2D eigenvalue weighted by Gasteiger charge is -2.33. The van der Waals surface area contributed by atoms with Gasteiger partial charge in [-0.1, -0.05) is 13.0 Å². The van der Waals surface area contributed by atoms with Gasteiger partial charge in [-0.3, -0.25) is 4.90 Å². The van der Waals surface area contributed by atoms with E-state index >= 15 is 0 Å². The molecule has 96 valence electrons. The molecule has 2 rings (SSSR count). The van der Waals surface area contributed by atoms with Crippen LogP contribution in [0.5, 0.6) is 0 Å². The number of hydrogen-bond acceptors (Lipinski definition) is 4. The van der Waals surface area contributed by atoms with E-state index in [-0.39, 0.29) is 0 Å². The summed E-state index contributed by atoms with van der Waals surface area (Å²) >= 11 is 1.83. The van der Waals surface area contributed by atoms with Crippen LogP contribution in [0.3, 0.4) is 0 Å². The van der Waals surface area contributed by atoms with Crippen LogP contribution in [0.25, 0.3) is 0 Å². The summed E-state index contributed by atoms with van der Waals surface area (Å²) in [6.07, 6.45) is 0. The van der Waals surface area contributed by atoms with Crippen molar-refractivity contribution in [1.82, 2.24) is 15.1 Å². The molecule has 3 nitrogen and oxygen atoms in total. The monoisotopic (exact) mass is 253 g/mol. The zero-order chi connectivity index (χ0) is 11.9. The van der Waals surface area contributed by atoms with Crippen LogP contribution in [-0.4, -0.2) is 55.6 Å². The zero-order valence-electron chi connectivity index (χ0n) is 10.7. The average molecular weight is 253 g/mol. The van der Waals surface area contributed by atoms with Crippen molar-refractivity contribution in [3.05, 3.63) is 22.4 Å². The summed E-state index contributed by atoms with van der Waals surface area (Å²) in [5, 5.41) is 5.66. The molecule has 1 aliphatic heterocycles. The fraction of sp³-hybridized carbons (Fsp3) is 0.692. The molecule has 2 heterocycles. The van der Waals surface area contributed by atoms with Crippen molar-refractivity contribution in [3.8, 4) is 0 Å². The highest BCUT2D eigenvalue weighted by atomic mass is 32.1. The molecular weight excluding hydrogens is 230 g/mol. The molecule has 0 spiro atoms. The largest absolute Gasteiger partial charge is 0.311 e. The van der Waals surface area contributed by atoms with E-state index in [1.165, 1.54) is 44.1 Å². The molecule has 0 aromatic carbocycles. The van der Waals surface area contributed by atoms with Crippen molar-refractivity contribution in [1.29, 1.82) is 0 Å². The topological polar surface area (TPSA) is 18.5 Å². The smallest absolute Gasteiger partial charge is 0.0300 e. The van der Waals surface area contributed by atoms with Crippen molar-refractivity contribution in [3.63, 3.8) is 0 Å². The Morgan fingerprint density at radius 1 is 1.24 bits per heavy atom. The minimum atomic E-state index is 1.02. The molecule has 0 unspecified atom stereocenters. The highest BCUT2D eigenvalue weighted by Crippen LogP contribution is 2.07. The Balaban J connectivity index is 1.54. The van der Waals surface area contributed by atoms with Crippen molar-refractivity contribution < 1.29 is 0 Å². The molecular formula is C13H23N3S. The van der Waals surface area contributed by atoms with Crippen LogP contribution >= 0.6 is 11.3 Å². The highest BCUT2D eigenvalue weighted by Gasteiger charge is 2.14. The summed E-state index contributed by atoms with van der Waals surface area (Å²) in [7, 11) is 0. The first kappa shape index (κ1) is 13.0. The van der Waals surface area contributed by atoms with E-state index in [0.29, 0.717) is 0 Å². The molecule has 0 saturated carbocycles. The molecule has 17 heavy (non-hydrogen) atoms. The van der Waals surface area contributed by atoms with Gasteiger partial charge in [-0.15, -0.1) is 11.3 Å². The average Bonchev–Trinajstić information content (AvgIpc) is 2.88. The predicted octanol–water partition coefficient (Wildman–Crippen LogP) is 1.48. The third-order valence-corrected chi connectivity index (χ3v) is 4.27. The fourth-order valence-corrected chi connectivity index (χ4v) is 2.87. The van der Waals surface area contributed by atoms with E-state index in [1.54, 1.807) is 0 Å². The molecule has 0 amide bonds. The minimum Gasteiger partial charge on any atom is -0.311 e. The summed E-state index contributed by atoms with van der Waals surface area (Å²) in [6.45, 7) is 11.7. The maximum Gasteiger partial charge on any atom is 0.0300 e. The van der Waals surface area contributed by atoms with Gasteiger partial charge >= 0.3 is 0 Å². The van der Waals surface area contributed by atoms with Crippen LogP contribution in [0.4, 0.5) is 0 Å². The fourth-order valence-electron chi connectivity index (χ4n) is 2.19. The number of piperazine rings is 1. The third-order valence-electron chi connectivity index (χ3n) is 3.40. The van der Waals surface area contributed by atoms with Crippen molar-refractivity contribution >= 4 is 11.3 Å². The molecule has 1 aromatic rings. The van der Waals surface area contributed by atoms with E-state index in [0.717, 1.165) is 13.1 Å². The minimum absolute atomic E-state index is 1.02.